The second-order valence-corrected chi connectivity index (χ2v) is 5.88. The van der Waals surface area contributed by atoms with E-state index < -0.39 is 0 Å². The van der Waals surface area contributed by atoms with E-state index in [0.717, 1.165) is 18.1 Å². The molecule has 0 spiro atoms. The SMILES string of the molecule is CC(C)CCOCc1ccc(-c2ccc(Cl)cc2)cc1. The van der Waals surface area contributed by atoms with Crippen LogP contribution in [0.3, 0.4) is 0 Å². The molecule has 0 fully saturated rings. The Kier molecular flexibility index (Phi) is 5.63. The number of hydrogen-bond donors (Lipinski definition) is 0. The predicted molar refractivity (Wildman–Crippen MR) is 86.0 cm³/mol. The van der Waals surface area contributed by atoms with Gasteiger partial charge in [-0.3, -0.25) is 0 Å². The second kappa shape index (κ2) is 7.47. The molecule has 2 heteroatoms. The first-order valence-electron chi connectivity index (χ1n) is 7.08. The predicted octanol–water partition coefficient (Wildman–Crippen LogP) is 5.57. The van der Waals surface area contributed by atoms with E-state index >= 15 is 0 Å². The summed E-state index contributed by atoms with van der Waals surface area (Å²) in [6, 6.07) is 16.4. The lowest BCUT2D eigenvalue weighted by Crippen LogP contribution is -1.99. The van der Waals surface area contributed by atoms with E-state index in [4.69, 9.17) is 16.3 Å². The van der Waals surface area contributed by atoms with Gasteiger partial charge < -0.3 is 4.74 Å². The second-order valence-electron chi connectivity index (χ2n) is 5.44. The van der Waals surface area contributed by atoms with E-state index in [1.54, 1.807) is 0 Å². The van der Waals surface area contributed by atoms with Gasteiger partial charge in [-0.25, -0.2) is 0 Å². The largest absolute Gasteiger partial charge is 0.377 e. The Morgan fingerprint density at radius 2 is 1.45 bits per heavy atom. The van der Waals surface area contributed by atoms with Gasteiger partial charge in [-0.05, 0) is 41.2 Å². The van der Waals surface area contributed by atoms with Crippen molar-refractivity contribution in [1.29, 1.82) is 0 Å². The molecular formula is C18H21ClO. The van der Waals surface area contributed by atoms with Crippen LogP contribution in [0.2, 0.25) is 5.02 Å². The molecule has 0 aliphatic rings. The average molecular weight is 289 g/mol. The Morgan fingerprint density at radius 3 is 2.00 bits per heavy atom. The highest BCUT2D eigenvalue weighted by molar-refractivity contribution is 6.30. The number of benzene rings is 2. The highest BCUT2D eigenvalue weighted by Crippen LogP contribution is 2.22. The lowest BCUT2D eigenvalue weighted by molar-refractivity contribution is 0.110. The first kappa shape index (κ1) is 15.1. The van der Waals surface area contributed by atoms with Crippen LogP contribution in [-0.2, 0) is 11.3 Å². The highest BCUT2D eigenvalue weighted by atomic mass is 35.5. The van der Waals surface area contributed by atoms with Crippen LogP contribution in [0.25, 0.3) is 11.1 Å². The monoisotopic (exact) mass is 288 g/mol. The molecule has 0 atom stereocenters. The lowest BCUT2D eigenvalue weighted by Gasteiger charge is -2.07. The van der Waals surface area contributed by atoms with Gasteiger partial charge in [-0.2, -0.15) is 0 Å². The van der Waals surface area contributed by atoms with E-state index in [1.165, 1.54) is 16.7 Å². The first-order valence-corrected chi connectivity index (χ1v) is 7.45. The summed E-state index contributed by atoms with van der Waals surface area (Å²) in [4.78, 5) is 0. The van der Waals surface area contributed by atoms with E-state index in [-0.39, 0.29) is 0 Å². The first-order chi connectivity index (χ1) is 9.65. The minimum absolute atomic E-state index is 0.688. The Labute approximate surface area is 126 Å². The van der Waals surface area contributed by atoms with Crippen molar-refractivity contribution >= 4 is 11.6 Å². The summed E-state index contributed by atoms with van der Waals surface area (Å²) in [6.45, 7) is 5.94. The molecule has 0 unspecified atom stereocenters. The van der Waals surface area contributed by atoms with Gasteiger partial charge in [-0.1, -0.05) is 61.8 Å². The average Bonchev–Trinajstić information content (AvgIpc) is 2.45. The number of hydrogen-bond acceptors (Lipinski definition) is 1. The molecule has 2 aromatic rings. The fraction of sp³-hybridized carbons (Fsp3) is 0.333. The van der Waals surface area contributed by atoms with Crippen LogP contribution in [0.15, 0.2) is 48.5 Å². The molecule has 0 saturated carbocycles. The molecule has 0 aromatic heterocycles. The topological polar surface area (TPSA) is 9.23 Å². The van der Waals surface area contributed by atoms with Crippen molar-refractivity contribution in [2.24, 2.45) is 5.92 Å². The lowest BCUT2D eigenvalue weighted by atomic mass is 10.0. The van der Waals surface area contributed by atoms with Crippen molar-refractivity contribution in [2.75, 3.05) is 6.61 Å². The van der Waals surface area contributed by atoms with Crippen LogP contribution in [0.5, 0.6) is 0 Å². The van der Waals surface area contributed by atoms with Gasteiger partial charge >= 0.3 is 0 Å². The molecule has 0 radical (unpaired) electrons. The van der Waals surface area contributed by atoms with Gasteiger partial charge in [-0.15, -0.1) is 0 Å². The molecule has 0 aliphatic carbocycles. The summed E-state index contributed by atoms with van der Waals surface area (Å²) in [5.74, 6) is 0.697. The summed E-state index contributed by atoms with van der Waals surface area (Å²) >= 11 is 5.90. The zero-order valence-corrected chi connectivity index (χ0v) is 12.9. The third-order valence-corrected chi connectivity index (χ3v) is 3.49. The van der Waals surface area contributed by atoms with Crippen LogP contribution in [0.1, 0.15) is 25.8 Å². The maximum absolute atomic E-state index is 5.90. The molecule has 2 rings (SSSR count). The van der Waals surface area contributed by atoms with Crippen molar-refractivity contribution in [3.05, 3.63) is 59.1 Å². The molecule has 0 bridgehead atoms. The molecule has 0 N–H and O–H groups in total. The Balaban J connectivity index is 1.91. The third kappa shape index (κ3) is 4.66. The summed E-state index contributed by atoms with van der Waals surface area (Å²) < 4.78 is 5.67. The molecular weight excluding hydrogens is 268 g/mol. The van der Waals surface area contributed by atoms with E-state index in [1.807, 2.05) is 24.3 Å². The van der Waals surface area contributed by atoms with Crippen LogP contribution in [0, 0.1) is 5.92 Å². The summed E-state index contributed by atoms with van der Waals surface area (Å²) in [6.07, 6.45) is 1.11. The van der Waals surface area contributed by atoms with Gasteiger partial charge in [0.05, 0.1) is 6.61 Å². The molecule has 0 aliphatic heterocycles. The van der Waals surface area contributed by atoms with Crippen LogP contribution < -0.4 is 0 Å². The maximum atomic E-state index is 5.90. The standard InChI is InChI=1S/C18H21ClO/c1-14(2)11-12-20-13-15-3-5-16(6-4-15)17-7-9-18(19)10-8-17/h3-10,14H,11-13H2,1-2H3. The van der Waals surface area contributed by atoms with Gasteiger partial charge in [0.15, 0.2) is 0 Å². The quantitative estimate of drug-likeness (QED) is 0.631. The van der Waals surface area contributed by atoms with Gasteiger partial charge in [0.1, 0.15) is 0 Å². The maximum Gasteiger partial charge on any atom is 0.0716 e. The normalized spacial score (nSPS) is 11.0. The van der Waals surface area contributed by atoms with Crippen LogP contribution >= 0.6 is 11.6 Å². The molecule has 1 nitrogen and oxygen atoms in total. The van der Waals surface area contributed by atoms with Crippen molar-refractivity contribution < 1.29 is 4.74 Å². The number of rotatable bonds is 6. The minimum Gasteiger partial charge on any atom is -0.377 e. The summed E-state index contributed by atoms with van der Waals surface area (Å²) in [5.41, 5.74) is 3.60. The van der Waals surface area contributed by atoms with Crippen LogP contribution in [-0.4, -0.2) is 6.61 Å². The molecule has 2 aromatic carbocycles. The fourth-order valence-electron chi connectivity index (χ4n) is 1.94. The van der Waals surface area contributed by atoms with E-state index in [0.29, 0.717) is 12.5 Å². The van der Waals surface area contributed by atoms with Crippen molar-refractivity contribution in [3.63, 3.8) is 0 Å². The Bertz CT molecular complexity index is 514. The molecule has 20 heavy (non-hydrogen) atoms. The highest BCUT2D eigenvalue weighted by Gasteiger charge is 1.99. The Hall–Kier alpha value is -1.31. The summed E-state index contributed by atoms with van der Waals surface area (Å²) in [5, 5.41) is 0.768. The number of ether oxygens (including phenoxy) is 1. The fourth-order valence-corrected chi connectivity index (χ4v) is 2.07. The van der Waals surface area contributed by atoms with Gasteiger partial charge in [0, 0.05) is 11.6 Å². The zero-order chi connectivity index (χ0) is 14.4. The van der Waals surface area contributed by atoms with Crippen LogP contribution in [0.4, 0.5) is 0 Å². The molecule has 0 amide bonds. The molecule has 106 valence electrons. The Morgan fingerprint density at radius 1 is 0.900 bits per heavy atom. The zero-order valence-electron chi connectivity index (χ0n) is 12.1. The summed E-state index contributed by atoms with van der Waals surface area (Å²) in [7, 11) is 0. The smallest absolute Gasteiger partial charge is 0.0716 e. The molecule has 0 saturated heterocycles. The van der Waals surface area contributed by atoms with Gasteiger partial charge in [0.25, 0.3) is 0 Å². The third-order valence-electron chi connectivity index (χ3n) is 3.24. The number of halogens is 1. The van der Waals surface area contributed by atoms with Crippen molar-refractivity contribution in [2.45, 2.75) is 26.9 Å². The van der Waals surface area contributed by atoms with Crippen molar-refractivity contribution in [3.8, 4) is 11.1 Å². The minimum atomic E-state index is 0.688. The van der Waals surface area contributed by atoms with Gasteiger partial charge in [0.2, 0.25) is 0 Å². The van der Waals surface area contributed by atoms with E-state index in [2.05, 4.69) is 38.1 Å². The van der Waals surface area contributed by atoms with E-state index in [9.17, 15) is 0 Å². The van der Waals surface area contributed by atoms with Crippen molar-refractivity contribution in [1.82, 2.24) is 0 Å². The molecule has 0 heterocycles.